The molecule has 0 unspecified atom stereocenters. The molecule has 0 aromatic heterocycles. The van der Waals surface area contributed by atoms with E-state index >= 15 is 0 Å². The highest BCUT2D eigenvalue weighted by molar-refractivity contribution is 6.09. The fraction of sp³-hybridized carbons (Fsp3) is 0.130. The van der Waals surface area contributed by atoms with Crippen LogP contribution in [0, 0.1) is 0 Å². The van der Waals surface area contributed by atoms with Gasteiger partial charge in [0.1, 0.15) is 5.75 Å². The minimum atomic E-state index is -0.196. The van der Waals surface area contributed by atoms with Gasteiger partial charge in [-0.15, -0.1) is 0 Å². The normalized spacial score (nSPS) is 11.6. The molecule has 136 valence electrons. The van der Waals surface area contributed by atoms with Crippen molar-refractivity contribution >= 4 is 11.7 Å². The third-order valence-corrected chi connectivity index (χ3v) is 4.45. The van der Waals surface area contributed by atoms with Gasteiger partial charge < -0.3 is 10.4 Å². The first-order valence-corrected chi connectivity index (χ1v) is 8.81. The lowest BCUT2D eigenvalue weighted by Crippen LogP contribution is -2.27. The summed E-state index contributed by atoms with van der Waals surface area (Å²) in [6.45, 7) is 2.45. The van der Waals surface area contributed by atoms with Gasteiger partial charge in [-0.25, -0.2) is 0 Å². The van der Waals surface area contributed by atoms with Crippen LogP contribution >= 0.6 is 0 Å². The lowest BCUT2D eigenvalue weighted by Gasteiger charge is -2.14. The molecule has 3 rings (SSSR count). The smallest absolute Gasteiger partial charge is 0.251 e. The molecule has 2 N–H and O–H groups in total. The number of carbonyl (C=O) groups is 2. The Labute approximate surface area is 158 Å². The second-order valence-electron chi connectivity index (χ2n) is 6.48. The summed E-state index contributed by atoms with van der Waals surface area (Å²) in [4.78, 5) is 24.8. The van der Waals surface area contributed by atoms with Crippen LogP contribution in [-0.2, 0) is 0 Å². The average Bonchev–Trinajstić information content (AvgIpc) is 2.72. The zero-order chi connectivity index (χ0) is 19.2. The third-order valence-electron chi connectivity index (χ3n) is 4.45. The zero-order valence-corrected chi connectivity index (χ0v) is 15.1. The second kappa shape index (κ2) is 8.32. The van der Waals surface area contributed by atoms with Crippen molar-refractivity contribution in [3.8, 4) is 5.75 Å². The van der Waals surface area contributed by atoms with Gasteiger partial charge >= 0.3 is 0 Å². The predicted molar refractivity (Wildman–Crippen MR) is 105 cm³/mol. The Morgan fingerprint density at radius 3 is 2.22 bits per heavy atom. The number of ketones is 1. The van der Waals surface area contributed by atoms with E-state index in [4.69, 9.17) is 0 Å². The van der Waals surface area contributed by atoms with Crippen LogP contribution < -0.4 is 5.32 Å². The van der Waals surface area contributed by atoms with E-state index in [-0.39, 0.29) is 23.4 Å². The van der Waals surface area contributed by atoms with E-state index in [1.165, 1.54) is 12.1 Å². The van der Waals surface area contributed by atoms with Gasteiger partial charge in [0.25, 0.3) is 5.91 Å². The number of carbonyl (C=O) groups excluding carboxylic acids is 2. The van der Waals surface area contributed by atoms with Crippen LogP contribution in [0.4, 0.5) is 0 Å². The molecule has 3 aromatic carbocycles. The molecule has 1 amide bonds. The molecular formula is C23H21NO3. The SMILES string of the molecule is C[C@H](CNC(=O)c1ccc(O)cc1)c1cccc(C(=O)c2ccccc2)c1. The topological polar surface area (TPSA) is 66.4 Å². The Morgan fingerprint density at radius 1 is 0.852 bits per heavy atom. The molecule has 0 heterocycles. The Morgan fingerprint density at radius 2 is 1.52 bits per heavy atom. The minimum Gasteiger partial charge on any atom is -0.508 e. The molecule has 4 heteroatoms. The molecule has 0 aliphatic heterocycles. The highest BCUT2D eigenvalue weighted by atomic mass is 16.3. The van der Waals surface area contributed by atoms with Gasteiger partial charge in [-0.2, -0.15) is 0 Å². The number of phenols is 1. The summed E-state index contributed by atoms with van der Waals surface area (Å²) in [5.74, 6) is -0.0365. The van der Waals surface area contributed by atoms with Gasteiger partial charge in [0, 0.05) is 23.2 Å². The number of phenolic OH excluding ortho intramolecular Hbond substituents is 1. The highest BCUT2D eigenvalue weighted by Gasteiger charge is 2.13. The Hall–Kier alpha value is -3.40. The van der Waals surface area contributed by atoms with E-state index < -0.39 is 0 Å². The molecule has 0 aliphatic carbocycles. The van der Waals surface area contributed by atoms with E-state index in [0.29, 0.717) is 23.2 Å². The van der Waals surface area contributed by atoms with Gasteiger partial charge in [-0.3, -0.25) is 9.59 Å². The van der Waals surface area contributed by atoms with Crippen molar-refractivity contribution in [1.29, 1.82) is 0 Å². The quantitative estimate of drug-likeness (QED) is 0.650. The molecule has 3 aromatic rings. The van der Waals surface area contributed by atoms with E-state index in [0.717, 1.165) is 5.56 Å². The van der Waals surface area contributed by atoms with Crippen LogP contribution in [-0.4, -0.2) is 23.3 Å². The van der Waals surface area contributed by atoms with Gasteiger partial charge in [0.05, 0.1) is 0 Å². The molecular weight excluding hydrogens is 338 g/mol. The minimum absolute atomic E-state index is 0.0159. The first-order chi connectivity index (χ1) is 13.0. The lowest BCUT2D eigenvalue weighted by molar-refractivity contribution is 0.0950. The first kappa shape index (κ1) is 18.4. The molecule has 0 fully saturated rings. The molecule has 0 bridgehead atoms. The fourth-order valence-corrected chi connectivity index (χ4v) is 2.82. The molecule has 1 atom stereocenters. The zero-order valence-electron chi connectivity index (χ0n) is 15.1. The third kappa shape index (κ3) is 4.61. The Bertz CT molecular complexity index is 933. The lowest BCUT2D eigenvalue weighted by atomic mass is 9.95. The fourth-order valence-electron chi connectivity index (χ4n) is 2.82. The number of benzene rings is 3. The van der Waals surface area contributed by atoms with Crippen molar-refractivity contribution in [2.45, 2.75) is 12.8 Å². The largest absolute Gasteiger partial charge is 0.508 e. The summed E-state index contributed by atoms with van der Waals surface area (Å²) in [5, 5.41) is 12.2. The molecule has 0 radical (unpaired) electrons. The van der Waals surface area contributed by atoms with E-state index in [1.54, 1.807) is 30.3 Å². The standard InChI is InChI=1S/C23H21NO3/c1-16(15-24-23(27)18-10-12-21(25)13-11-18)19-8-5-9-20(14-19)22(26)17-6-3-2-4-7-17/h2-14,16,25H,15H2,1H3,(H,24,27)/t16-/m1/s1. The van der Waals surface area contributed by atoms with Gasteiger partial charge in [-0.1, -0.05) is 55.5 Å². The van der Waals surface area contributed by atoms with Gasteiger partial charge in [-0.05, 0) is 41.8 Å². The second-order valence-corrected chi connectivity index (χ2v) is 6.48. The van der Waals surface area contributed by atoms with Gasteiger partial charge in [0.15, 0.2) is 5.78 Å². The van der Waals surface area contributed by atoms with E-state index in [2.05, 4.69) is 5.32 Å². The van der Waals surface area contributed by atoms with Crippen LogP contribution in [0.25, 0.3) is 0 Å². The first-order valence-electron chi connectivity index (χ1n) is 8.81. The predicted octanol–water partition coefficient (Wildman–Crippen LogP) is 4.16. The summed E-state index contributed by atoms with van der Waals surface area (Å²) in [7, 11) is 0. The summed E-state index contributed by atoms with van der Waals surface area (Å²) < 4.78 is 0. The maximum atomic E-state index is 12.6. The highest BCUT2D eigenvalue weighted by Crippen LogP contribution is 2.18. The van der Waals surface area contributed by atoms with Crippen LogP contribution in [0.2, 0.25) is 0 Å². The maximum absolute atomic E-state index is 12.6. The Kier molecular flexibility index (Phi) is 5.67. The molecule has 0 saturated carbocycles. The molecule has 4 nitrogen and oxygen atoms in total. The summed E-state index contributed by atoms with van der Waals surface area (Å²) >= 11 is 0. The molecule has 0 aliphatic rings. The summed E-state index contributed by atoms with van der Waals surface area (Å²) in [6.07, 6.45) is 0. The van der Waals surface area contributed by atoms with E-state index in [9.17, 15) is 14.7 Å². The number of aromatic hydroxyl groups is 1. The molecule has 0 saturated heterocycles. The monoisotopic (exact) mass is 359 g/mol. The van der Waals surface area contributed by atoms with Crippen molar-refractivity contribution in [1.82, 2.24) is 5.32 Å². The van der Waals surface area contributed by atoms with E-state index in [1.807, 2.05) is 43.3 Å². The Balaban J connectivity index is 1.66. The van der Waals surface area contributed by atoms with Crippen molar-refractivity contribution in [2.75, 3.05) is 6.54 Å². The van der Waals surface area contributed by atoms with Crippen molar-refractivity contribution in [3.63, 3.8) is 0 Å². The van der Waals surface area contributed by atoms with Crippen molar-refractivity contribution in [3.05, 3.63) is 101 Å². The number of hydrogen-bond donors (Lipinski definition) is 2. The number of nitrogens with one attached hydrogen (secondary N) is 1. The molecule has 0 spiro atoms. The summed E-state index contributed by atoms with van der Waals surface area (Å²) in [6, 6.07) is 22.8. The number of rotatable bonds is 6. The van der Waals surface area contributed by atoms with Crippen molar-refractivity contribution < 1.29 is 14.7 Å². The van der Waals surface area contributed by atoms with Gasteiger partial charge in [0.2, 0.25) is 0 Å². The van der Waals surface area contributed by atoms with Crippen LogP contribution in [0.1, 0.15) is 44.7 Å². The number of hydrogen-bond acceptors (Lipinski definition) is 3. The van der Waals surface area contributed by atoms with Crippen molar-refractivity contribution in [2.24, 2.45) is 0 Å². The van der Waals surface area contributed by atoms with Crippen LogP contribution in [0.3, 0.4) is 0 Å². The molecule has 27 heavy (non-hydrogen) atoms. The average molecular weight is 359 g/mol. The summed E-state index contributed by atoms with van der Waals surface area (Å²) in [5.41, 5.74) is 2.77. The number of amides is 1. The van der Waals surface area contributed by atoms with Crippen LogP contribution in [0.5, 0.6) is 5.75 Å². The van der Waals surface area contributed by atoms with Crippen LogP contribution in [0.15, 0.2) is 78.9 Å². The maximum Gasteiger partial charge on any atom is 0.251 e.